The third kappa shape index (κ3) is 3.51. The minimum Gasteiger partial charge on any atom is -0.394 e. The molecule has 2 N–H and O–H groups in total. The molecule has 0 spiro atoms. The van der Waals surface area contributed by atoms with Crippen LogP contribution in [0.25, 0.3) is 5.78 Å². The van der Waals surface area contributed by atoms with Crippen molar-refractivity contribution in [1.29, 1.82) is 0 Å². The second-order valence-corrected chi connectivity index (χ2v) is 7.02. The molecular formula is C19H24N6O2. The average Bonchev–Trinajstić information content (AvgIpc) is 3.19. The molecule has 3 heterocycles. The van der Waals surface area contributed by atoms with E-state index in [1.807, 2.05) is 24.3 Å². The van der Waals surface area contributed by atoms with Gasteiger partial charge in [-0.05, 0) is 18.6 Å². The maximum atomic E-state index is 10.4. The van der Waals surface area contributed by atoms with E-state index in [1.54, 1.807) is 10.7 Å². The van der Waals surface area contributed by atoms with E-state index in [4.69, 9.17) is 4.74 Å². The molecule has 0 saturated carbocycles. The van der Waals surface area contributed by atoms with Crippen LogP contribution in [0, 0.1) is 0 Å². The Morgan fingerprint density at radius 1 is 1.26 bits per heavy atom. The second-order valence-electron chi connectivity index (χ2n) is 7.02. The van der Waals surface area contributed by atoms with E-state index in [-0.39, 0.29) is 12.6 Å². The summed E-state index contributed by atoms with van der Waals surface area (Å²) >= 11 is 0. The standard InChI is InChI=1S/C19H24N6O2/c1-15-10-27-13-19(12-26,24(15)9-16-5-3-2-4-6-16)11-21-17-7-8-20-18-22-14-23-25(17)18/h2-8,14-15,21,26H,9-13H2,1H3/t15-,19+/m1/s1. The Bertz CT molecular complexity index is 886. The Kier molecular flexibility index (Phi) is 5.02. The van der Waals surface area contributed by atoms with Crippen molar-refractivity contribution in [3.63, 3.8) is 0 Å². The van der Waals surface area contributed by atoms with Gasteiger partial charge in [-0.25, -0.2) is 4.98 Å². The number of hydrogen-bond acceptors (Lipinski definition) is 7. The molecule has 1 aliphatic rings. The average molecular weight is 368 g/mol. The van der Waals surface area contributed by atoms with Crippen LogP contribution in [-0.2, 0) is 11.3 Å². The summed E-state index contributed by atoms with van der Waals surface area (Å²) in [6.45, 7) is 4.50. The Balaban J connectivity index is 1.58. The highest BCUT2D eigenvalue weighted by atomic mass is 16.5. The molecule has 142 valence electrons. The molecule has 27 heavy (non-hydrogen) atoms. The molecule has 1 fully saturated rings. The van der Waals surface area contributed by atoms with Crippen molar-refractivity contribution in [3.05, 3.63) is 54.5 Å². The Labute approximate surface area is 157 Å². The molecule has 8 heteroatoms. The summed E-state index contributed by atoms with van der Waals surface area (Å²) in [6, 6.07) is 12.4. The molecule has 2 aromatic heterocycles. The fourth-order valence-electron chi connectivity index (χ4n) is 3.64. The van der Waals surface area contributed by atoms with Crippen LogP contribution >= 0.6 is 0 Å². The highest BCUT2D eigenvalue weighted by Gasteiger charge is 2.42. The van der Waals surface area contributed by atoms with Gasteiger partial charge in [0, 0.05) is 25.3 Å². The molecule has 1 saturated heterocycles. The molecule has 0 aliphatic carbocycles. The van der Waals surface area contributed by atoms with E-state index in [1.165, 1.54) is 11.9 Å². The maximum Gasteiger partial charge on any atom is 0.254 e. The van der Waals surface area contributed by atoms with Crippen molar-refractivity contribution in [1.82, 2.24) is 24.5 Å². The minimum atomic E-state index is -0.538. The van der Waals surface area contributed by atoms with Crippen LogP contribution in [-0.4, -0.2) is 67.5 Å². The molecule has 4 rings (SSSR count). The lowest BCUT2D eigenvalue weighted by Crippen LogP contribution is -2.65. The van der Waals surface area contributed by atoms with Crippen LogP contribution in [0.1, 0.15) is 12.5 Å². The predicted molar refractivity (Wildman–Crippen MR) is 101 cm³/mol. The lowest BCUT2D eigenvalue weighted by Gasteiger charge is -2.49. The monoisotopic (exact) mass is 368 g/mol. The van der Waals surface area contributed by atoms with E-state index >= 15 is 0 Å². The molecule has 0 bridgehead atoms. The van der Waals surface area contributed by atoms with Crippen molar-refractivity contribution in [2.75, 3.05) is 31.7 Å². The van der Waals surface area contributed by atoms with Gasteiger partial charge in [-0.15, -0.1) is 0 Å². The first-order valence-electron chi connectivity index (χ1n) is 9.10. The number of fused-ring (bicyclic) bond motifs is 1. The molecule has 0 radical (unpaired) electrons. The number of nitrogens with zero attached hydrogens (tertiary/aromatic N) is 5. The molecule has 3 aromatic rings. The van der Waals surface area contributed by atoms with Gasteiger partial charge in [0.25, 0.3) is 5.78 Å². The number of aliphatic hydroxyl groups is 1. The molecule has 8 nitrogen and oxygen atoms in total. The van der Waals surface area contributed by atoms with Gasteiger partial charge in [0.2, 0.25) is 0 Å². The van der Waals surface area contributed by atoms with Crippen LogP contribution in [0.15, 0.2) is 48.9 Å². The number of anilines is 1. The Morgan fingerprint density at radius 3 is 2.93 bits per heavy atom. The maximum absolute atomic E-state index is 10.4. The van der Waals surface area contributed by atoms with Gasteiger partial charge in [-0.1, -0.05) is 30.3 Å². The summed E-state index contributed by atoms with van der Waals surface area (Å²) in [5.41, 5.74) is 0.676. The van der Waals surface area contributed by atoms with Crippen molar-refractivity contribution in [2.45, 2.75) is 25.0 Å². The lowest BCUT2D eigenvalue weighted by molar-refractivity contribution is -0.117. The number of aromatic nitrogens is 4. The molecular weight excluding hydrogens is 344 g/mol. The number of ether oxygens (including phenoxy) is 1. The lowest BCUT2D eigenvalue weighted by atomic mass is 9.94. The first-order chi connectivity index (χ1) is 13.2. The number of hydrogen-bond donors (Lipinski definition) is 2. The summed E-state index contributed by atoms with van der Waals surface area (Å²) in [5.74, 6) is 1.32. The van der Waals surface area contributed by atoms with E-state index in [2.05, 4.69) is 44.3 Å². The van der Waals surface area contributed by atoms with E-state index < -0.39 is 5.54 Å². The predicted octanol–water partition coefficient (Wildman–Crippen LogP) is 1.19. The van der Waals surface area contributed by atoms with Crippen LogP contribution in [0.4, 0.5) is 5.82 Å². The first-order valence-corrected chi connectivity index (χ1v) is 9.10. The van der Waals surface area contributed by atoms with Crippen molar-refractivity contribution < 1.29 is 9.84 Å². The van der Waals surface area contributed by atoms with Gasteiger partial charge in [0.1, 0.15) is 12.1 Å². The number of benzene rings is 1. The number of nitrogens with one attached hydrogen (secondary N) is 1. The largest absolute Gasteiger partial charge is 0.394 e. The fourth-order valence-corrected chi connectivity index (χ4v) is 3.64. The zero-order chi connectivity index (χ0) is 18.7. The van der Waals surface area contributed by atoms with Crippen LogP contribution in [0.5, 0.6) is 0 Å². The third-order valence-electron chi connectivity index (χ3n) is 5.14. The van der Waals surface area contributed by atoms with Gasteiger partial charge in [0.15, 0.2) is 0 Å². The van der Waals surface area contributed by atoms with Crippen molar-refractivity contribution >= 4 is 11.6 Å². The van der Waals surface area contributed by atoms with Crippen molar-refractivity contribution in [2.24, 2.45) is 0 Å². The summed E-state index contributed by atoms with van der Waals surface area (Å²) in [5, 5.41) is 18.0. The number of aliphatic hydroxyl groups excluding tert-OH is 1. The van der Waals surface area contributed by atoms with Crippen LogP contribution < -0.4 is 5.32 Å². The smallest absolute Gasteiger partial charge is 0.254 e. The highest BCUT2D eigenvalue weighted by Crippen LogP contribution is 2.27. The fraction of sp³-hybridized carbons (Fsp3) is 0.421. The van der Waals surface area contributed by atoms with Gasteiger partial charge in [0.05, 0.1) is 25.4 Å². The second kappa shape index (κ2) is 7.59. The van der Waals surface area contributed by atoms with E-state index in [0.29, 0.717) is 25.5 Å². The summed E-state index contributed by atoms with van der Waals surface area (Å²) < 4.78 is 7.48. The van der Waals surface area contributed by atoms with Gasteiger partial charge >= 0.3 is 0 Å². The van der Waals surface area contributed by atoms with E-state index in [0.717, 1.165) is 12.4 Å². The van der Waals surface area contributed by atoms with Gasteiger partial charge in [-0.2, -0.15) is 14.6 Å². The summed E-state index contributed by atoms with van der Waals surface area (Å²) in [7, 11) is 0. The van der Waals surface area contributed by atoms with Crippen LogP contribution in [0.2, 0.25) is 0 Å². The minimum absolute atomic E-state index is 0.0112. The normalized spacial score (nSPS) is 23.6. The quantitative estimate of drug-likeness (QED) is 0.676. The molecule has 1 aliphatic heterocycles. The topological polar surface area (TPSA) is 87.8 Å². The zero-order valence-electron chi connectivity index (χ0n) is 15.3. The van der Waals surface area contributed by atoms with Gasteiger partial charge < -0.3 is 15.2 Å². The summed E-state index contributed by atoms with van der Waals surface area (Å²) in [4.78, 5) is 10.6. The highest BCUT2D eigenvalue weighted by molar-refractivity contribution is 5.42. The third-order valence-corrected chi connectivity index (χ3v) is 5.14. The molecule has 1 aromatic carbocycles. The van der Waals surface area contributed by atoms with Crippen molar-refractivity contribution in [3.8, 4) is 0 Å². The Morgan fingerprint density at radius 2 is 2.11 bits per heavy atom. The zero-order valence-corrected chi connectivity index (χ0v) is 15.3. The van der Waals surface area contributed by atoms with Crippen LogP contribution in [0.3, 0.4) is 0 Å². The summed E-state index contributed by atoms with van der Waals surface area (Å²) in [6.07, 6.45) is 3.17. The number of rotatable bonds is 6. The molecule has 2 atom stereocenters. The number of morpholine rings is 1. The SMILES string of the molecule is C[C@@H]1COC[C@@](CO)(CNc2ccnc3ncnn23)N1Cc1ccccc1. The molecule has 0 amide bonds. The van der Waals surface area contributed by atoms with E-state index in [9.17, 15) is 5.11 Å². The Hall–Kier alpha value is -2.55. The molecule has 0 unspecified atom stereocenters. The first kappa shape index (κ1) is 17.8. The van der Waals surface area contributed by atoms with Gasteiger partial charge in [-0.3, -0.25) is 4.90 Å².